The van der Waals surface area contributed by atoms with Crippen LogP contribution in [-0.2, 0) is 13.8 Å². The summed E-state index contributed by atoms with van der Waals surface area (Å²) in [5.41, 5.74) is 0.0162. The van der Waals surface area contributed by atoms with E-state index in [1.54, 1.807) is 0 Å². The second-order valence-electron chi connectivity index (χ2n) is 4.41. The van der Waals surface area contributed by atoms with Crippen molar-refractivity contribution in [3.63, 3.8) is 0 Å². The van der Waals surface area contributed by atoms with E-state index >= 15 is 0 Å². The highest BCUT2D eigenvalue weighted by atomic mass is 35.7. The van der Waals surface area contributed by atoms with Gasteiger partial charge in [0, 0.05) is 17.3 Å². The molecule has 2 heterocycles. The average Bonchev–Trinajstić information content (AvgIpc) is 2.85. The van der Waals surface area contributed by atoms with Crippen molar-refractivity contribution in [2.45, 2.75) is 37.3 Å². The summed E-state index contributed by atoms with van der Waals surface area (Å²) in [7, 11) is 1.28. The van der Waals surface area contributed by atoms with Crippen LogP contribution in [0, 0.1) is 6.92 Å². The molecule has 1 saturated heterocycles. The molecule has 0 aromatic carbocycles. The van der Waals surface area contributed by atoms with Crippen molar-refractivity contribution < 1.29 is 17.9 Å². The van der Waals surface area contributed by atoms with E-state index in [1.807, 2.05) is 6.92 Å². The lowest BCUT2D eigenvalue weighted by Gasteiger charge is -2.15. The maximum atomic E-state index is 12.1. The smallest absolute Gasteiger partial charge is 0.273 e. The molecule has 2 N–H and O–H groups in total. The number of aryl methyl sites for hydroxylation is 1. The number of nitrogens with one attached hydrogen (secondary N) is 2. The molecule has 9 heteroatoms. The normalized spacial score (nSPS) is 23.5. The summed E-state index contributed by atoms with van der Waals surface area (Å²) in [4.78, 5) is 11.8. The van der Waals surface area contributed by atoms with Crippen LogP contribution in [0.1, 0.15) is 29.5 Å². The Morgan fingerprint density at radius 3 is 2.79 bits per heavy atom. The summed E-state index contributed by atoms with van der Waals surface area (Å²) in [6.45, 7) is 3.89. The summed E-state index contributed by atoms with van der Waals surface area (Å²) in [6.07, 6.45) is 0.569. The predicted octanol–water partition coefficient (Wildman–Crippen LogP) is 0.553. The molecule has 1 aromatic rings. The number of carbonyl (C=O) groups is 1. The molecule has 2 unspecified atom stereocenters. The topological polar surface area (TPSA) is 101 Å². The number of aromatic amines is 1. The van der Waals surface area contributed by atoms with Crippen molar-refractivity contribution in [1.82, 2.24) is 15.5 Å². The van der Waals surface area contributed by atoms with Crippen LogP contribution in [0.25, 0.3) is 0 Å². The van der Waals surface area contributed by atoms with E-state index in [0.29, 0.717) is 13.0 Å². The van der Waals surface area contributed by atoms with Crippen LogP contribution >= 0.6 is 10.7 Å². The average molecular weight is 308 g/mol. The number of hydrogen-bond donors (Lipinski definition) is 2. The molecule has 0 saturated carbocycles. The molecule has 2 atom stereocenters. The van der Waals surface area contributed by atoms with Gasteiger partial charge in [0.25, 0.3) is 15.0 Å². The minimum atomic E-state index is -4.03. The molecule has 1 aliphatic rings. The highest BCUT2D eigenvalue weighted by Gasteiger charge is 2.31. The van der Waals surface area contributed by atoms with Crippen molar-refractivity contribution in [3.05, 3.63) is 11.4 Å². The quantitative estimate of drug-likeness (QED) is 0.794. The molecule has 0 spiro atoms. The largest absolute Gasteiger partial charge is 0.376 e. The Hall–Kier alpha value is -1.12. The highest BCUT2D eigenvalue weighted by Crippen LogP contribution is 2.22. The molecule has 1 amide bonds. The van der Waals surface area contributed by atoms with Gasteiger partial charge in [0.2, 0.25) is 0 Å². The molecular formula is C10H14ClN3O4S. The highest BCUT2D eigenvalue weighted by molar-refractivity contribution is 8.13. The third kappa shape index (κ3) is 2.90. The molecule has 0 bridgehead atoms. The second-order valence-corrected chi connectivity index (χ2v) is 6.91. The van der Waals surface area contributed by atoms with E-state index in [4.69, 9.17) is 15.4 Å². The number of ether oxygens (including phenoxy) is 1. The van der Waals surface area contributed by atoms with E-state index in [-0.39, 0.29) is 28.4 Å². The lowest BCUT2D eigenvalue weighted by Crippen LogP contribution is -2.39. The lowest BCUT2D eigenvalue weighted by atomic mass is 10.1. The molecule has 1 aliphatic heterocycles. The summed E-state index contributed by atoms with van der Waals surface area (Å²) < 4.78 is 28.2. The standard InChI is InChI=1S/C10H14ClN3O4S/c1-5-9(19(11,16)17)8(14-13-5)10(15)12-7-3-4-18-6(7)2/h6-7H,3-4H2,1-2H3,(H,12,15)(H,13,14). The molecule has 7 nitrogen and oxygen atoms in total. The van der Waals surface area contributed by atoms with Crippen molar-refractivity contribution in [2.24, 2.45) is 0 Å². The first-order valence-corrected chi connectivity index (χ1v) is 8.03. The third-order valence-electron chi connectivity index (χ3n) is 3.04. The summed E-state index contributed by atoms with van der Waals surface area (Å²) in [6, 6.07) is -0.157. The lowest BCUT2D eigenvalue weighted by molar-refractivity contribution is 0.0859. The van der Waals surface area contributed by atoms with Crippen LogP contribution in [0.15, 0.2) is 4.90 Å². The zero-order valence-corrected chi connectivity index (χ0v) is 12.0. The molecule has 1 aromatic heterocycles. The Labute approximate surface area is 115 Å². The van der Waals surface area contributed by atoms with Crippen LogP contribution in [0.2, 0.25) is 0 Å². The van der Waals surface area contributed by atoms with Gasteiger partial charge in [-0.15, -0.1) is 0 Å². The number of rotatable bonds is 3. The Bertz CT molecular complexity index is 598. The van der Waals surface area contributed by atoms with Gasteiger partial charge in [0.1, 0.15) is 4.90 Å². The minimum Gasteiger partial charge on any atom is -0.376 e. The monoisotopic (exact) mass is 307 g/mol. The maximum absolute atomic E-state index is 12.1. The Morgan fingerprint density at radius 2 is 2.26 bits per heavy atom. The first-order valence-electron chi connectivity index (χ1n) is 5.73. The van der Waals surface area contributed by atoms with E-state index in [2.05, 4.69) is 15.5 Å². The third-order valence-corrected chi connectivity index (χ3v) is 4.49. The Balaban J connectivity index is 2.25. The number of halogens is 1. The van der Waals surface area contributed by atoms with Crippen LogP contribution in [0.3, 0.4) is 0 Å². The first-order chi connectivity index (χ1) is 8.80. The Kier molecular flexibility index (Phi) is 3.84. The number of hydrogen-bond acceptors (Lipinski definition) is 5. The fourth-order valence-electron chi connectivity index (χ4n) is 2.03. The number of carbonyl (C=O) groups excluding carboxylic acids is 1. The van der Waals surface area contributed by atoms with Gasteiger partial charge in [0.15, 0.2) is 5.69 Å². The van der Waals surface area contributed by atoms with Gasteiger partial charge in [0.05, 0.1) is 17.8 Å². The molecule has 106 valence electrons. The van der Waals surface area contributed by atoms with E-state index < -0.39 is 15.0 Å². The van der Waals surface area contributed by atoms with Crippen molar-refractivity contribution in [2.75, 3.05) is 6.61 Å². The van der Waals surface area contributed by atoms with Gasteiger partial charge in [-0.05, 0) is 20.3 Å². The zero-order valence-electron chi connectivity index (χ0n) is 10.4. The minimum absolute atomic E-state index is 0.111. The predicted molar refractivity (Wildman–Crippen MR) is 67.6 cm³/mol. The van der Waals surface area contributed by atoms with Crippen molar-refractivity contribution in [3.8, 4) is 0 Å². The second kappa shape index (κ2) is 5.10. The number of aromatic nitrogens is 2. The number of nitrogens with zero attached hydrogens (tertiary/aromatic N) is 1. The van der Waals surface area contributed by atoms with Gasteiger partial charge in [-0.25, -0.2) is 8.42 Å². The number of amides is 1. The molecule has 0 radical (unpaired) electrons. The zero-order chi connectivity index (χ0) is 14.2. The molecule has 19 heavy (non-hydrogen) atoms. The van der Waals surface area contributed by atoms with Gasteiger partial charge in [-0.2, -0.15) is 5.10 Å². The van der Waals surface area contributed by atoms with Crippen LogP contribution in [0.4, 0.5) is 0 Å². The van der Waals surface area contributed by atoms with Gasteiger partial charge >= 0.3 is 0 Å². The van der Waals surface area contributed by atoms with Crippen LogP contribution in [0.5, 0.6) is 0 Å². The fourth-order valence-corrected chi connectivity index (χ4v) is 3.38. The van der Waals surface area contributed by atoms with Gasteiger partial charge in [-0.3, -0.25) is 9.89 Å². The van der Waals surface area contributed by atoms with Crippen molar-refractivity contribution in [1.29, 1.82) is 0 Å². The first kappa shape index (κ1) is 14.3. The van der Waals surface area contributed by atoms with Gasteiger partial charge < -0.3 is 10.1 Å². The summed E-state index contributed by atoms with van der Waals surface area (Å²) in [5, 5.41) is 8.86. The molecule has 0 aliphatic carbocycles. The molecule has 2 rings (SSSR count). The molecule has 1 fully saturated rings. The Morgan fingerprint density at radius 1 is 1.58 bits per heavy atom. The SMILES string of the molecule is Cc1[nH]nc(C(=O)NC2CCOC2C)c1S(=O)(=O)Cl. The summed E-state index contributed by atoms with van der Waals surface area (Å²) >= 11 is 0. The van der Waals surface area contributed by atoms with Crippen LogP contribution < -0.4 is 5.32 Å². The number of H-pyrrole nitrogens is 1. The van der Waals surface area contributed by atoms with E-state index in [0.717, 1.165) is 0 Å². The van der Waals surface area contributed by atoms with Crippen LogP contribution in [-0.4, -0.2) is 43.3 Å². The van der Waals surface area contributed by atoms with Crippen molar-refractivity contribution >= 4 is 25.6 Å². The van der Waals surface area contributed by atoms with E-state index in [9.17, 15) is 13.2 Å². The van der Waals surface area contributed by atoms with E-state index in [1.165, 1.54) is 6.92 Å². The maximum Gasteiger partial charge on any atom is 0.273 e. The van der Waals surface area contributed by atoms with Gasteiger partial charge in [-0.1, -0.05) is 0 Å². The molecular weight excluding hydrogens is 294 g/mol. The fraction of sp³-hybridized carbons (Fsp3) is 0.600. The summed E-state index contributed by atoms with van der Waals surface area (Å²) in [5.74, 6) is -0.578.